The highest BCUT2D eigenvalue weighted by molar-refractivity contribution is 5.78. The van der Waals surface area contributed by atoms with Gasteiger partial charge in [-0.1, -0.05) is 53.7 Å². The first-order chi connectivity index (χ1) is 15.2. The van der Waals surface area contributed by atoms with Gasteiger partial charge < -0.3 is 4.52 Å². The lowest BCUT2D eigenvalue weighted by Gasteiger charge is -2.25. The molecule has 0 aliphatic rings. The number of aryl methyl sites for hydroxylation is 1. The molecule has 0 unspecified atom stereocenters. The monoisotopic (exact) mass is 416 g/mol. The summed E-state index contributed by atoms with van der Waals surface area (Å²) in [6.45, 7) is 0.534. The zero-order valence-electron chi connectivity index (χ0n) is 16.7. The second-order valence-electron chi connectivity index (χ2n) is 6.96. The molecular weight excluding hydrogens is 395 g/mol. The molecule has 0 fully saturated rings. The summed E-state index contributed by atoms with van der Waals surface area (Å²) in [5.41, 5.74) is 5.57. The van der Waals surface area contributed by atoms with Crippen LogP contribution in [0.5, 0.6) is 0 Å². The van der Waals surface area contributed by atoms with Gasteiger partial charge in [0, 0.05) is 18.4 Å². The van der Waals surface area contributed by atoms with Gasteiger partial charge in [-0.25, -0.2) is 4.39 Å². The minimum atomic E-state index is -0.331. The molecular formula is C24H21FN4O2. The number of hydrogen-bond donors (Lipinski definition) is 1. The van der Waals surface area contributed by atoms with Gasteiger partial charge in [-0.3, -0.25) is 15.2 Å². The molecule has 0 aliphatic carbocycles. The van der Waals surface area contributed by atoms with Gasteiger partial charge in [0.25, 0.3) is 0 Å². The zero-order chi connectivity index (χ0) is 21.5. The Morgan fingerprint density at radius 2 is 1.61 bits per heavy atom. The predicted octanol–water partition coefficient (Wildman–Crippen LogP) is 4.55. The van der Waals surface area contributed by atoms with Gasteiger partial charge in [0.1, 0.15) is 5.82 Å². The van der Waals surface area contributed by atoms with E-state index in [0.29, 0.717) is 30.2 Å². The third-order valence-electron chi connectivity index (χ3n) is 4.65. The third kappa shape index (κ3) is 5.54. The average Bonchev–Trinajstić information content (AvgIpc) is 3.28. The largest absolute Gasteiger partial charge is 0.339 e. The van der Waals surface area contributed by atoms with Gasteiger partial charge in [0.15, 0.2) is 0 Å². The van der Waals surface area contributed by atoms with Gasteiger partial charge in [-0.05, 0) is 42.0 Å². The molecule has 0 aliphatic heterocycles. The van der Waals surface area contributed by atoms with Crippen LogP contribution in [0.25, 0.3) is 11.4 Å². The molecule has 0 bridgehead atoms. The van der Waals surface area contributed by atoms with Crippen LogP contribution in [0.4, 0.5) is 10.1 Å². The number of rotatable bonds is 8. The Morgan fingerprint density at radius 3 is 2.32 bits per heavy atom. The molecule has 1 amide bonds. The smallest absolute Gasteiger partial charge is 0.239 e. The van der Waals surface area contributed by atoms with Crippen molar-refractivity contribution in [3.05, 3.63) is 102 Å². The number of amides is 1. The number of hydrazine groups is 1. The lowest BCUT2D eigenvalue weighted by molar-refractivity contribution is -0.121. The van der Waals surface area contributed by atoms with Gasteiger partial charge in [0.2, 0.25) is 17.6 Å². The summed E-state index contributed by atoms with van der Waals surface area (Å²) in [6, 6.07) is 25.4. The van der Waals surface area contributed by atoms with Crippen LogP contribution in [0, 0.1) is 5.82 Å². The van der Waals surface area contributed by atoms with E-state index in [1.54, 1.807) is 12.1 Å². The van der Waals surface area contributed by atoms with Crippen LogP contribution in [0.15, 0.2) is 89.5 Å². The van der Waals surface area contributed by atoms with Crippen molar-refractivity contribution in [1.29, 1.82) is 0 Å². The highest BCUT2D eigenvalue weighted by Crippen LogP contribution is 2.17. The van der Waals surface area contributed by atoms with E-state index in [1.807, 2.05) is 65.7 Å². The van der Waals surface area contributed by atoms with Crippen LogP contribution in [-0.4, -0.2) is 16.0 Å². The molecule has 4 aromatic rings. The van der Waals surface area contributed by atoms with Crippen molar-refractivity contribution in [3.63, 3.8) is 0 Å². The highest BCUT2D eigenvalue weighted by Gasteiger charge is 2.14. The number of carbonyl (C=O) groups excluding carboxylic acids is 1. The quantitative estimate of drug-likeness (QED) is 0.427. The molecule has 0 spiro atoms. The number of anilines is 1. The molecule has 0 atom stereocenters. The molecule has 156 valence electrons. The Labute approximate surface area is 179 Å². The Bertz CT molecular complexity index is 1120. The summed E-state index contributed by atoms with van der Waals surface area (Å²) in [7, 11) is 0. The zero-order valence-corrected chi connectivity index (χ0v) is 16.7. The normalized spacial score (nSPS) is 10.6. The molecule has 1 N–H and O–H groups in total. The third-order valence-corrected chi connectivity index (χ3v) is 4.65. The molecule has 0 saturated heterocycles. The van der Waals surface area contributed by atoms with E-state index in [0.717, 1.165) is 11.3 Å². The minimum absolute atomic E-state index is 0.165. The molecule has 0 saturated carbocycles. The van der Waals surface area contributed by atoms with Crippen LogP contribution < -0.4 is 10.4 Å². The van der Waals surface area contributed by atoms with Crippen LogP contribution in [-0.2, 0) is 17.8 Å². The molecule has 3 aromatic carbocycles. The first-order valence-electron chi connectivity index (χ1n) is 9.92. The number of hydrogen-bond acceptors (Lipinski definition) is 5. The van der Waals surface area contributed by atoms with E-state index in [9.17, 15) is 9.18 Å². The van der Waals surface area contributed by atoms with Crippen molar-refractivity contribution in [2.75, 3.05) is 5.01 Å². The fourth-order valence-electron chi connectivity index (χ4n) is 3.07. The van der Waals surface area contributed by atoms with Crippen molar-refractivity contribution >= 4 is 11.6 Å². The average molecular weight is 416 g/mol. The van der Waals surface area contributed by atoms with Crippen molar-refractivity contribution in [2.24, 2.45) is 0 Å². The Balaban J connectivity index is 1.38. The van der Waals surface area contributed by atoms with E-state index in [2.05, 4.69) is 15.6 Å². The second kappa shape index (κ2) is 9.67. The Hall–Kier alpha value is -4.00. The summed E-state index contributed by atoms with van der Waals surface area (Å²) >= 11 is 0. The van der Waals surface area contributed by atoms with Crippen molar-refractivity contribution in [1.82, 2.24) is 15.6 Å². The SMILES string of the molecule is O=C(CCc1nc(-c2ccc(F)cc2)no1)NN(Cc1ccccc1)c1ccccc1. The molecule has 1 aromatic heterocycles. The van der Waals surface area contributed by atoms with E-state index in [-0.39, 0.29) is 18.1 Å². The molecule has 1 heterocycles. The van der Waals surface area contributed by atoms with E-state index in [4.69, 9.17) is 4.52 Å². The van der Waals surface area contributed by atoms with Crippen LogP contribution in [0.1, 0.15) is 17.9 Å². The highest BCUT2D eigenvalue weighted by atomic mass is 19.1. The summed E-state index contributed by atoms with van der Waals surface area (Å²) in [5, 5.41) is 5.72. The van der Waals surface area contributed by atoms with E-state index >= 15 is 0 Å². The summed E-state index contributed by atoms with van der Waals surface area (Å²) in [4.78, 5) is 16.9. The van der Waals surface area contributed by atoms with Gasteiger partial charge in [0.05, 0.1) is 12.2 Å². The first-order valence-corrected chi connectivity index (χ1v) is 9.92. The topological polar surface area (TPSA) is 71.3 Å². The number of nitrogens with one attached hydrogen (secondary N) is 1. The van der Waals surface area contributed by atoms with Gasteiger partial charge >= 0.3 is 0 Å². The number of benzene rings is 3. The first kappa shape index (κ1) is 20.3. The summed E-state index contributed by atoms with van der Waals surface area (Å²) in [6.07, 6.45) is 0.483. The predicted molar refractivity (Wildman–Crippen MR) is 115 cm³/mol. The number of para-hydroxylation sites is 1. The number of carbonyl (C=O) groups is 1. The van der Waals surface area contributed by atoms with Crippen LogP contribution >= 0.6 is 0 Å². The number of aromatic nitrogens is 2. The second-order valence-corrected chi connectivity index (χ2v) is 6.96. The van der Waals surface area contributed by atoms with Crippen molar-refractivity contribution in [3.8, 4) is 11.4 Å². The Kier molecular flexibility index (Phi) is 6.32. The maximum absolute atomic E-state index is 13.1. The van der Waals surface area contributed by atoms with E-state index < -0.39 is 0 Å². The fourth-order valence-corrected chi connectivity index (χ4v) is 3.07. The molecule has 0 radical (unpaired) electrons. The number of halogens is 1. The Morgan fingerprint density at radius 1 is 0.935 bits per heavy atom. The lowest BCUT2D eigenvalue weighted by Crippen LogP contribution is -2.42. The fraction of sp³-hybridized carbons (Fsp3) is 0.125. The molecule has 4 rings (SSSR count). The van der Waals surface area contributed by atoms with Crippen LogP contribution in [0.3, 0.4) is 0 Å². The van der Waals surface area contributed by atoms with Crippen molar-refractivity contribution in [2.45, 2.75) is 19.4 Å². The molecule has 6 nitrogen and oxygen atoms in total. The molecule has 7 heteroatoms. The maximum Gasteiger partial charge on any atom is 0.239 e. The number of nitrogens with zero attached hydrogens (tertiary/aromatic N) is 3. The minimum Gasteiger partial charge on any atom is -0.339 e. The summed E-state index contributed by atoms with van der Waals surface area (Å²) < 4.78 is 18.3. The maximum atomic E-state index is 13.1. The lowest BCUT2D eigenvalue weighted by atomic mass is 10.2. The molecule has 31 heavy (non-hydrogen) atoms. The standard InChI is InChI=1S/C24H21FN4O2/c25-20-13-11-19(12-14-20)24-26-23(31-28-24)16-15-22(30)27-29(21-9-5-2-6-10-21)17-18-7-3-1-4-8-18/h1-14H,15-17H2,(H,27,30). The van der Waals surface area contributed by atoms with Gasteiger partial charge in [-0.2, -0.15) is 4.98 Å². The van der Waals surface area contributed by atoms with E-state index in [1.165, 1.54) is 12.1 Å². The summed E-state index contributed by atoms with van der Waals surface area (Å²) in [5.74, 6) is 0.220. The van der Waals surface area contributed by atoms with Crippen molar-refractivity contribution < 1.29 is 13.7 Å². The van der Waals surface area contributed by atoms with Crippen LogP contribution in [0.2, 0.25) is 0 Å². The van der Waals surface area contributed by atoms with Gasteiger partial charge in [-0.15, -0.1) is 0 Å².